The number of ether oxygens (including phenoxy) is 2. The third-order valence-corrected chi connectivity index (χ3v) is 3.71. The molecule has 2 aromatic carbocycles. The fourth-order valence-electron chi connectivity index (χ4n) is 2.36. The van der Waals surface area contributed by atoms with Gasteiger partial charge in [-0.25, -0.2) is 9.59 Å². The highest BCUT2D eigenvalue weighted by atomic mass is 19.4. The number of amides is 2. The van der Waals surface area contributed by atoms with Crippen molar-refractivity contribution >= 4 is 17.7 Å². The Kier molecular flexibility index (Phi) is 7.03. The van der Waals surface area contributed by atoms with E-state index in [9.17, 15) is 35.9 Å². The Balaban J connectivity index is 2.38. The zero-order valence-electron chi connectivity index (χ0n) is 15.8. The van der Waals surface area contributed by atoms with Gasteiger partial charge in [0.15, 0.2) is 0 Å². The van der Waals surface area contributed by atoms with Gasteiger partial charge in [-0.3, -0.25) is 5.32 Å². The summed E-state index contributed by atoms with van der Waals surface area (Å²) in [6, 6.07) is 7.86. The van der Waals surface area contributed by atoms with E-state index in [1.54, 1.807) is 0 Å². The molecule has 168 valence electrons. The lowest BCUT2D eigenvalue weighted by Crippen LogP contribution is -2.69. The van der Waals surface area contributed by atoms with Gasteiger partial charge in [0.25, 0.3) is 0 Å². The molecule has 0 aliphatic heterocycles. The van der Waals surface area contributed by atoms with Crippen LogP contribution >= 0.6 is 0 Å². The highest BCUT2D eigenvalue weighted by Gasteiger charge is 2.66. The second-order valence-corrected chi connectivity index (χ2v) is 5.97. The summed E-state index contributed by atoms with van der Waals surface area (Å²) in [6.45, 7) is 0.774. The molecule has 0 aromatic heterocycles. The summed E-state index contributed by atoms with van der Waals surface area (Å²) < 4.78 is 89.5. The van der Waals surface area contributed by atoms with Crippen LogP contribution < -0.4 is 15.4 Å². The Labute approximate surface area is 172 Å². The minimum atomic E-state index is -5.50. The van der Waals surface area contributed by atoms with Gasteiger partial charge in [-0.05, 0) is 37.3 Å². The number of esters is 1. The van der Waals surface area contributed by atoms with Gasteiger partial charge in [-0.1, -0.05) is 24.3 Å². The van der Waals surface area contributed by atoms with Crippen molar-refractivity contribution in [2.45, 2.75) is 25.0 Å². The van der Waals surface area contributed by atoms with E-state index in [-0.39, 0.29) is 0 Å². The lowest BCUT2D eigenvalue weighted by Gasteiger charge is -2.33. The Hall–Kier alpha value is -3.44. The maximum absolute atomic E-state index is 13.9. The van der Waals surface area contributed by atoms with Crippen LogP contribution in [0.3, 0.4) is 0 Å². The van der Waals surface area contributed by atoms with Crippen LogP contribution in [-0.4, -0.2) is 30.5 Å². The van der Waals surface area contributed by atoms with Crippen LogP contribution in [0.25, 0.3) is 0 Å². The molecule has 2 N–H and O–H groups in total. The van der Waals surface area contributed by atoms with Crippen LogP contribution in [-0.2, 0) is 15.7 Å². The first-order valence-corrected chi connectivity index (χ1v) is 8.63. The maximum atomic E-state index is 13.9. The van der Waals surface area contributed by atoms with Crippen LogP contribution in [0.5, 0.6) is 5.75 Å². The standard InChI is InChI=1S/C19H16F6N2O4/c1-2-30-15(28)17(19(23,24)25,31-14-9-4-3-5-10-14)27-16(29)26-13-8-6-7-12(11-13)18(20,21)22/h3-11H,2H2,1H3,(H2,26,27,29)/t17-/m0/s1. The molecule has 2 amide bonds. The molecule has 12 heteroatoms. The number of carbonyl (C=O) groups excluding carboxylic acids is 2. The number of hydrogen-bond donors (Lipinski definition) is 2. The summed E-state index contributed by atoms with van der Waals surface area (Å²) >= 11 is 0. The molecule has 0 bridgehead atoms. The predicted octanol–water partition coefficient (Wildman–Crippen LogP) is 4.73. The molecule has 0 aliphatic rings. The van der Waals surface area contributed by atoms with Crippen molar-refractivity contribution in [3.8, 4) is 5.75 Å². The quantitative estimate of drug-likeness (QED) is 0.379. The van der Waals surface area contributed by atoms with Gasteiger partial charge in [0.1, 0.15) is 5.75 Å². The number of benzene rings is 2. The molecule has 0 heterocycles. The number of carbonyl (C=O) groups is 2. The van der Waals surface area contributed by atoms with Gasteiger partial charge in [0, 0.05) is 5.69 Å². The van der Waals surface area contributed by atoms with Gasteiger partial charge in [-0.15, -0.1) is 0 Å². The molecule has 0 fully saturated rings. The van der Waals surface area contributed by atoms with Crippen LogP contribution in [0.15, 0.2) is 54.6 Å². The van der Waals surface area contributed by atoms with Crippen molar-refractivity contribution in [3.05, 3.63) is 60.2 Å². The van der Waals surface area contributed by atoms with Crippen molar-refractivity contribution in [1.82, 2.24) is 5.32 Å². The SMILES string of the molecule is CCOC(=O)[C@](NC(=O)Nc1cccc(C(F)(F)F)c1)(Oc1ccccc1)C(F)(F)F. The van der Waals surface area contributed by atoms with E-state index < -0.39 is 53.7 Å². The van der Waals surface area contributed by atoms with E-state index in [0.717, 1.165) is 24.3 Å². The average Bonchev–Trinajstić information content (AvgIpc) is 2.67. The second kappa shape index (κ2) is 9.14. The van der Waals surface area contributed by atoms with E-state index >= 15 is 0 Å². The molecule has 0 radical (unpaired) electrons. The molecule has 6 nitrogen and oxygen atoms in total. The smallest absolute Gasteiger partial charge is 0.460 e. The molecule has 1 atom stereocenters. The summed E-state index contributed by atoms with van der Waals surface area (Å²) in [5, 5.41) is 3.18. The lowest BCUT2D eigenvalue weighted by atomic mass is 10.2. The summed E-state index contributed by atoms with van der Waals surface area (Å²) in [5.41, 5.74) is -5.57. The van der Waals surface area contributed by atoms with Crippen LogP contribution in [0.2, 0.25) is 0 Å². The van der Waals surface area contributed by atoms with Gasteiger partial charge in [0.2, 0.25) is 0 Å². The minimum absolute atomic E-state index is 0.424. The lowest BCUT2D eigenvalue weighted by molar-refractivity contribution is -0.259. The van der Waals surface area contributed by atoms with Crippen LogP contribution in [0, 0.1) is 0 Å². The number of nitrogens with one attached hydrogen (secondary N) is 2. The predicted molar refractivity (Wildman–Crippen MR) is 96.1 cm³/mol. The molecule has 0 saturated carbocycles. The second-order valence-electron chi connectivity index (χ2n) is 5.97. The van der Waals surface area contributed by atoms with Crippen molar-refractivity contribution in [1.29, 1.82) is 0 Å². The maximum Gasteiger partial charge on any atom is 0.460 e. The number of urea groups is 1. The normalized spacial score (nSPS) is 13.6. The monoisotopic (exact) mass is 450 g/mol. The first-order valence-electron chi connectivity index (χ1n) is 8.63. The summed E-state index contributed by atoms with van der Waals surface area (Å²) in [4.78, 5) is 24.5. The minimum Gasteiger partial charge on any atom is -0.461 e. The molecule has 0 unspecified atom stereocenters. The Morgan fingerprint density at radius 2 is 1.58 bits per heavy atom. The first kappa shape index (κ1) is 23.8. The van der Waals surface area contributed by atoms with Crippen molar-refractivity contribution < 1.29 is 45.4 Å². The van der Waals surface area contributed by atoms with Crippen LogP contribution in [0.4, 0.5) is 36.8 Å². The average molecular weight is 450 g/mol. The molecule has 2 aromatic rings. The fraction of sp³-hybridized carbons (Fsp3) is 0.263. The molecular weight excluding hydrogens is 434 g/mol. The van der Waals surface area contributed by atoms with E-state index in [1.807, 2.05) is 5.32 Å². The number of rotatable bonds is 6. The number of halogens is 6. The highest BCUT2D eigenvalue weighted by Crippen LogP contribution is 2.35. The largest absolute Gasteiger partial charge is 0.461 e. The molecule has 0 saturated heterocycles. The van der Waals surface area contributed by atoms with Crippen molar-refractivity contribution in [3.63, 3.8) is 0 Å². The molecule has 0 spiro atoms. The van der Waals surface area contributed by atoms with Crippen molar-refractivity contribution in [2.75, 3.05) is 11.9 Å². The summed E-state index contributed by atoms with van der Waals surface area (Å²) in [6.07, 6.45) is -10.2. The Bertz CT molecular complexity index is 918. The summed E-state index contributed by atoms with van der Waals surface area (Å²) in [7, 11) is 0. The molecule has 2 rings (SSSR count). The Morgan fingerprint density at radius 3 is 2.13 bits per heavy atom. The van der Waals surface area contributed by atoms with Crippen molar-refractivity contribution in [2.24, 2.45) is 0 Å². The zero-order valence-corrected chi connectivity index (χ0v) is 15.8. The number of para-hydroxylation sites is 1. The van der Waals surface area contributed by atoms with Gasteiger partial charge >= 0.3 is 30.1 Å². The van der Waals surface area contributed by atoms with E-state index in [4.69, 9.17) is 4.74 Å². The molecule has 31 heavy (non-hydrogen) atoms. The number of hydrogen-bond acceptors (Lipinski definition) is 4. The van der Waals surface area contributed by atoms with Gasteiger partial charge in [-0.2, -0.15) is 26.3 Å². The first-order chi connectivity index (χ1) is 14.4. The topological polar surface area (TPSA) is 76.7 Å². The van der Waals surface area contributed by atoms with E-state index in [2.05, 4.69) is 4.74 Å². The summed E-state index contributed by atoms with van der Waals surface area (Å²) in [5.74, 6) is -2.39. The van der Waals surface area contributed by atoms with E-state index in [0.29, 0.717) is 12.1 Å². The number of anilines is 1. The molecule has 0 aliphatic carbocycles. The highest BCUT2D eigenvalue weighted by molar-refractivity contribution is 5.94. The molecular formula is C19H16F6N2O4. The Morgan fingerprint density at radius 1 is 0.935 bits per heavy atom. The third kappa shape index (κ3) is 5.80. The van der Waals surface area contributed by atoms with Gasteiger partial charge < -0.3 is 14.8 Å². The fourth-order valence-corrected chi connectivity index (χ4v) is 2.36. The zero-order chi connectivity index (χ0) is 23.3. The number of alkyl halides is 6. The van der Waals surface area contributed by atoms with E-state index in [1.165, 1.54) is 30.4 Å². The van der Waals surface area contributed by atoms with Crippen LogP contribution in [0.1, 0.15) is 12.5 Å². The third-order valence-electron chi connectivity index (χ3n) is 3.71. The van der Waals surface area contributed by atoms with Gasteiger partial charge in [0.05, 0.1) is 12.2 Å².